The summed E-state index contributed by atoms with van der Waals surface area (Å²) in [5, 5.41) is 3.04. The number of nitrogens with zero attached hydrogens (tertiary/aromatic N) is 5. The first-order chi connectivity index (χ1) is 15.6. The van der Waals surface area contributed by atoms with E-state index < -0.39 is 11.4 Å². The molecule has 3 heterocycles. The molecule has 32 heavy (non-hydrogen) atoms. The number of benzene rings is 2. The van der Waals surface area contributed by atoms with Crippen LogP contribution in [0.1, 0.15) is 5.82 Å². The number of hydrogen-bond acceptors (Lipinski definition) is 8. The van der Waals surface area contributed by atoms with E-state index in [0.717, 1.165) is 0 Å². The number of rotatable bonds is 6. The van der Waals surface area contributed by atoms with E-state index in [1.54, 1.807) is 37.4 Å². The minimum atomic E-state index is -0.643. The first-order valence-corrected chi connectivity index (χ1v) is 9.63. The minimum absolute atomic E-state index is 0.107. The van der Waals surface area contributed by atoms with Gasteiger partial charge in [0.1, 0.15) is 28.8 Å². The molecule has 0 bridgehead atoms. The summed E-state index contributed by atoms with van der Waals surface area (Å²) in [7, 11) is 1.55. The molecule has 3 aromatic heterocycles. The van der Waals surface area contributed by atoms with Crippen molar-refractivity contribution in [2.24, 2.45) is 0 Å². The van der Waals surface area contributed by atoms with E-state index in [2.05, 4.69) is 35.7 Å². The van der Waals surface area contributed by atoms with Gasteiger partial charge in [0.25, 0.3) is 5.56 Å². The average Bonchev–Trinajstić information content (AvgIpc) is 3.29. The van der Waals surface area contributed by atoms with Crippen LogP contribution in [0.2, 0.25) is 0 Å². The predicted octanol–water partition coefficient (Wildman–Crippen LogP) is 2.70. The summed E-state index contributed by atoms with van der Waals surface area (Å²) in [6.07, 6.45) is 2.90. The van der Waals surface area contributed by atoms with Gasteiger partial charge in [-0.05, 0) is 24.3 Å². The van der Waals surface area contributed by atoms with Gasteiger partial charge >= 0.3 is 0 Å². The quantitative estimate of drug-likeness (QED) is 0.374. The lowest BCUT2D eigenvalue weighted by Gasteiger charge is -2.16. The Kier molecular flexibility index (Phi) is 4.82. The number of ether oxygens (including phenoxy) is 1. The molecular formula is C21H17FN8O2. The summed E-state index contributed by atoms with van der Waals surface area (Å²) < 4.78 is 20.9. The normalized spacial score (nSPS) is 11.1. The van der Waals surface area contributed by atoms with Crippen molar-refractivity contribution in [1.29, 1.82) is 0 Å². The van der Waals surface area contributed by atoms with Gasteiger partial charge in [0.2, 0.25) is 0 Å². The number of H-pyrrole nitrogens is 1. The molecule has 0 unspecified atom stereocenters. The van der Waals surface area contributed by atoms with Gasteiger partial charge in [0.15, 0.2) is 17.3 Å². The smallest absolute Gasteiger partial charge is 0.283 e. The van der Waals surface area contributed by atoms with E-state index in [4.69, 9.17) is 4.74 Å². The molecule has 5 aromatic rings. The predicted molar refractivity (Wildman–Crippen MR) is 117 cm³/mol. The Morgan fingerprint density at radius 2 is 2.03 bits per heavy atom. The molecule has 0 fully saturated rings. The lowest BCUT2D eigenvalue weighted by molar-refractivity contribution is 0.415. The maximum Gasteiger partial charge on any atom is 0.283 e. The lowest BCUT2D eigenvalue weighted by Crippen LogP contribution is -2.32. The highest BCUT2D eigenvalue weighted by Crippen LogP contribution is 2.19. The Labute approximate surface area is 180 Å². The van der Waals surface area contributed by atoms with Crippen LogP contribution in [0.25, 0.3) is 22.1 Å². The van der Waals surface area contributed by atoms with Crippen molar-refractivity contribution in [3.05, 3.63) is 77.1 Å². The SMILES string of the molecule is COc1cccc(Nn2c(CNc3ncnc4nc[nH]c34)nc3cccc(F)c3c2=O)c1. The second-order valence-corrected chi connectivity index (χ2v) is 6.82. The summed E-state index contributed by atoms with van der Waals surface area (Å²) in [6.45, 7) is 0.115. The van der Waals surface area contributed by atoms with Crippen LogP contribution in [0.15, 0.2) is 59.9 Å². The summed E-state index contributed by atoms with van der Waals surface area (Å²) in [5.74, 6) is 0.775. The second-order valence-electron chi connectivity index (χ2n) is 6.82. The Morgan fingerprint density at radius 1 is 1.16 bits per heavy atom. The van der Waals surface area contributed by atoms with Crippen LogP contribution in [-0.2, 0) is 6.54 Å². The van der Waals surface area contributed by atoms with Crippen molar-refractivity contribution in [2.45, 2.75) is 6.54 Å². The van der Waals surface area contributed by atoms with E-state index in [0.29, 0.717) is 34.2 Å². The number of methoxy groups -OCH3 is 1. The maximum absolute atomic E-state index is 14.5. The van der Waals surface area contributed by atoms with Crippen LogP contribution in [-0.4, -0.2) is 36.7 Å². The highest BCUT2D eigenvalue weighted by molar-refractivity contribution is 5.82. The number of aromatic nitrogens is 6. The number of anilines is 2. The van der Waals surface area contributed by atoms with Gasteiger partial charge in [-0.25, -0.2) is 29.0 Å². The molecule has 0 aliphatic heterocycles. The molecule has 3 N–H and O–H groups in total. The summed E-state index contributed by atoms with van der Waals surface area (Å²) in [5.41, 5.74) is 4.39. The zero-order chi connectivity index (χ0) is 22.1. The monoisotopic (exact) mass is 432 g/mol. The zero-order valence-electron chi connectivity index (χ0n) is 16.8. The van der Waals surface area contributed by atoms with Crippen LogP contribution >= 0.6 is 0 Å². The van der Waals surface area contributed by atoms with Crippen molar-refractivity contribution in [3.8, 4) is 5.75 Å². The molecule has 11 heteroatoms. The summed E-state index contributed by atoms with van der Waals surface area (Å²) in [6, 6.07) is 11.4. The van der Waals surface area contributed by atoms with E-state index in [1.807, 2.05) is 0 Å². The molecule has 0 spiro atoms. The van der Waals surface area contributed by atoms with Crippen LogP contribution in [0, 0.1) is 5.82 Å². The summed E-state index contributed by atoms with van der Waals surface area (Å²) in [4.78, 5) is 33.1. The van der Waals surface area contributed by atoms with Crippen molar-refractivity contribution >= 4 is 33.6 Å². The fourth-order valence-electron chi connectivity index (χ4n) is 3.35. The second kappa shape index (κ2) is 7.95. The van der Waals surface area contributed by atoms with Crippen LogP contribution in [0.4, 0.5) is 15.9 Å². The summed E-state index contributed by atoms with van der Waals surface area (Å²) >= 11 is 0. The zero-order valence-corrected chi connectivity index (χ0v) is 16.8. The Hall–Kier alpha value is -4.54. The topological polar surface area (TPSA) is 123 Å². The number of hydrogen-bond donors (Lipinski definition) is 3. The van der Waals surface area contributed by atoms with Gasteiger partial charge in [0.05, 0.1) is 31.2 Å². The maximum atomic E-state index is 14.5. The molecule has 2 aromatic carbocycles. The third-order valence-corrected chi connectivity index (χ3v) is 4.86. The fraction of sp³-hybridized carbons (Fsp3) is 0.0952. The largest absolute Gasteiger partial charge is 0.497 e. The molecule has 10 nitrogen and oxygen atoms in total. The average molecular weight is 432 g/mol. The molecule has 0 radical (unpaired) electrons. The molecule has 0 saturated carbocycles. The molecule has 160 valence electrons. The van der Waals surface area contributed by atoms with Gasteiger partial charge < -0.3 is 15.0 Å². The van der Waals surface area contributed by atoms with E-state index in [9.17, 15) is 9.18 Å². The molecule has 0 saturated heterocycles. The van der Waals surface area contributed by atoms with Crippen molar-refractivity contribution < 1.29 is 9.13 Å². The van der Waals surface area contributed by atoms with Crippen molar-refractivity contribution in [3.63, 3.8) is 0 Å². The van der Waals surface area contributed by atoms with Gasteiger partial charge in [0, 0.05) is 6.07 Å². The van der Waals surface area contributed by atoms with E-state index in [1.165, 1.54) is 29.5 Å². The standard InChI is InChI=1S/C21H17FN8O2/c1-32-13-5-2-4-12(8-13)29-30-16(28-15-7-3-6-14(22)17(15)21(30)31)9-23-19-18-20(25-10-24-18)27-11-26-19/h2-8,10-11,29H,9H2,1H3,(H2,23,24,25,26,27). The number of halogens is 1. The van der Waals surface area contributed by atoms with Crippen LogP contribution in [0.5, 0.6) is 5.75 Å². The molecule has 0 aliphatic rings. The van der Waals surface area contributed by atoms with Gasteiger partial charge in [-0.3, -0.25) is 10.2 Å². The first kappa shape index (κ1) is 19.4. The van der Waals surface area contributed by atoms with Crippen molar-refractivity contribution in [1.82, 2.24) is 29.6 Å². The molecule has 5 rings (SSSR count). The minimum Gasteiger partial charge on any atom is -0.497 e. The fourth-order valence-corrected chi connectivity index (χ4v) is 3.35. The van der Waals surface area contributed by atoms with Gasteiger partial charge in [-0.2, -0.15) is 0 Å². The van der Waals surface area contributed by atoms with Gasteiger partial charge in [-0.15, -0.1) is 0 Å². The Bertz CT molecular complexity index is 1500. The number of aromatic amines is 1. The molecular weight excluding hydrogens is 415 g/mol. The number of imidazole rings is 1. The van der Waals surface area contributed by atoms with Crippen LogP contribution < -0.4 is 21.0 Å². The number of fused-ring (bicyclic) bond motifs is 2. The molecule has 0 aliphatic carbocycles. The third kappa shape index (κ3) is 3.45. The highest BCUT2D eigenvalue weighted by atomic mass is 19.1. The van der Waals surface area contributed by atoms with E-state index in [-0.39, 0.29) is 17.4 Å². The third-order valence-electron chi connectivity index (χ3n) is 4.86. The molecule has 0 atom stereocenters. The highest BCUT2D eigenvalue weighted by Gasteiger charge is 2.16. The van der Waals surface area contributed by atoms with E-state index >= 15 is 0 Å². The van der Waals surface area contributed by atoms with Crippen molar-refractivity contribution in [2.75, 3.05) is 17.9 Å². The van der Waals surface area contributed by atoms with Crippen LogP contribution in [0.3, 0.4) is 0 Å². The molecule has 0 amide bonds. The first-order valence-electron chi connectivity index (χ1n) is 9.63. The number of nitrogens with one attached hydrogen (secondary N) is 3. The van der Waals surface area contributed by atoms with Gasteiger partial charge in [-0.1, -0.05) is 12.1 Å². The Morgan fingerprint density at radius 3 is 2.91 bits per heavy atom. The lowest BCUT2D eigenvalue weighted by atomic mass is 10.2. The Balaban J connectivity index is 1.59.